The van der Waals surface area contributed by atoms with Crippen molar-refractivity contribution < 1.29 is 9.53 Å². The number of anilines is 1. The standard InChI is InChI=1S/C19H20N2O2/c1-23-15-9-10-17-16(11-15)18(14-5-3-2-4-6-14)20-19(22)21(17)12-13-7-8-13/h2-6,9-11,13,18H,7-8,12H2,1H3,(H,20,22). The molecule has 1 fully saturated rings. The van der Waals surface area contributed by atoms with E-state index in [1.54, 1.807) is 7.11 Å². The van der Waals surface area contributed by atoms with E-state index in [-0.39, 0.29) is 12.1 Å². The lowest BCUT2D eigenvalue weighted by Crippen LogP contribution is -2.47. The van der Waals surface area contributed by atoms with Crippen molar-refractivity contribution in [1.82, 2.24) is 5.32 Å². The highest BCUT2D eigenvalue weighted by Gasteiger charge is 2.35. The Kier molecular flexibility index (Phi) is 3.45. The Morgan fingerprint density at radius 2 is 1.96 bits per heavy atom. The van der Waals surface area contributed by atoms with Crippen LogP contribution in [0, 0.1) is 5.92 Å². The van der Waals surface area contributed by atoms with E-state index in [0.717, 1.165) is 29.1 Å². The second-order valence-corrected chi connectivity index (χ2v) is 6.27. The fourth-order valence-corrected chi connectivity index (χ4v) is 3.17. The number of carbonyl (C=O) groups excluding carboxylic acids is 1. The van der Waals surface area contributed by atoms with E-state index in [1.807, 2.05) is 53.4 Å². The molecule has 4 heteroatoms. The Bertz CT molecular complexity index is 725. The van der Waals surface area contributed by atoms with Gasteiger partial charge < -0.3 is 10.1 Å². The fraction of sp³-hybridized carbons (Fsp3) is 0.316. The van der Waals surface area contributed by atoms with Crippen molar-refractivity contribution in [3.05, 3.63) is 59.7 Å². The maximum Gasteiger partial charge on any atom is 0.322 e. The predicted octanol–water partition coefficient (Wildman–Crippen LogP) is 3.72. The van der Waals surface area contributed by atoms with E-state index < -0.39 is 0 Å². The van der Waals surface area contributed by atoms with Gasteiger partial charge in [0.1, 0.15) is 5.75 Å². The Balaban J connectivity index is 1.79. The molecule has 118 valence electrons. The molecule has 1 atom stereocenters. The Morgan fingerprint density at radius 1 is 1.17 bits per heavy atom. The van der Waals surface area contributed by atoms with Crippen LogP contribution in [-0.2, 0) is 0 Å². The van der Waals surface area contributed by atoms with Gasteiger partial charge in [0, 0.05) is 12.1 Å². The summed E-state index contributed by atoms with van der Waals surface area (Å²) < 4.78 is 5.39. The van der Waals surface area contributed by atoms with Crippen LogP contribution < -0.4 is 15.0 Å². The second-order valence-electron chi connectivity index (χ2n) is 6.27. The van der Waals surface area contributed by atoms with Crippen LogP contribution in [0.4, 0.5) is 10.5 Å². The lowest BCUT2D eigenvalue weighted by atomic mass is 9.94. The highest BCUT2D eigenvalue weighted by Crippen LogP contribution is 2.39. The first-order valence-corrected chi connectivity index (χ1v) is 8.07. The number of amides is 2. The van der Waals surface area contributed by atoms with Crippen LogP contribution in [-0.4, -0.2) is 19.7 Å². The summed E-state index contributed by atoms with van der Waals surface area (Å²) in [6.07, 6.45) is 2.44. The molecule has 1 N–H and O–H groups in total. The van der Waals surface area contributed by atoms with E-state index in [1.165, 1.54) is 12.8 Å². The summed E-state index contributed by atoms with van der Waals surface area (Å²) in [6.45, 7) is 0.798. The first kappa shape index (κ1) is 14.1. The van der Waals surface area contributed by atoms with Gasteiger partial charge >= 0.3 is 6.03 Å². The third kappa shape index (κ3) is 2.65. The van der Waals surface area contributed by atoms with Crippen molar-refractivity contribution in [2.45, 2.75) is 18.9 Å². The quantitative estimate of drug-likeness (QED) is 0.935. The van der Waals surface area contributed by atoms with Crippen molar-refractivity contribution in [1.29, 1.82) is 0 Å². The Labute approximate surface area is 136 Å². The number of fused-ring (bicyclic) bond motifs is 1. The molecule has 0 radical (unpaired) electrons. The summed E-state index contributed by atoms with van der Waals surface area (Å²) in [5.41, 5.74) is 3.17. The molecule has 4 rings (SSSR count). The van der Waals surface area contributed by atoms with Gasteiger partial charge in [-0.25, -0.2) is 4.79 Å². The van der Waals surface area contributed by atoms with Gasteiger partial charge in [0.05, 0.1) is 18.8 Å². The molecule has 0 spiro atoms. The maximum atomic E-state index is 12.6. The molecule has 1 aliphatic heterocycles. The van der Waals surface area contributed by atoms with Crippen LogP contribution in [0.25, 0.3) is 0 Å². The van der Waals surface area contributed by atoms with Crippen molar-refractivity contribution >= 4 is 11.7 Å². The number of carbonyl (C=O) groups is 1. The van der Waals surface area contributed by atoms with Crippen molar-refractivity contribution in [2.75, 3.05) is 18.6 Å². The van der Waals surface area contributed by atoms with Crippen LogP contribution in [0.3, 0.4) is 0 Å². The first-order chi connectivity index (χ1) is 11.3. The number of methoxy groups -OCH3 is 1. The molecule has 0 bridgehead atoms. The summed E-state index contributed by atoms with van der Waals surface area (Å²) >= 11 is 0. The summed E-state index contributed by atoms with van der Waals surface area (Å²) in [7, 11) is 1.67. The number of hydrogen-bond acceptors (Lipinski definition) is 2. The first-order valence-electron chi connectivity index (χ1n) is 8.07. The van der Waals surface area contributed by atoms with Gasteiger partial charge in [0.2, 0.25) is 0 Å². The molecule has 2 aromatic rings. The van der Waals surface area contributed by atoms with Crippen molar-refractivity contribution in [3.8, 4) is 5.75 Å². The number of nitrogens with zero attached hydrogens (tertiary/aromatic N) is 1. The van der Waals surface area contributed by atoms with Gasteiger partial charge in [-0.05, 0) is 42.5 Å². The van der Waals surface area contributed by atoms with Crippen LogP contribution in [0.1, 0.15) is 30.0 Å². The zero-order chi connectivity index (χ0) is 15.8. The zero-order valence-corrected chi connectivity index (χ0v) is 13.2. The zero-order valence-electron chi connectivity index (χ0n) is 13.2. The Hall–Kier alpha value is -2.49. The number of rotatable bonds is 4. The van der Waals surface area contributed by atoms with Crippen LogP contribution >= 0.6 is 0 Å². The lowest BCUT2D eigenvalue weighted by Gasteiger charge is -2.35. The Morgan fingerprint density at radius 3 is 2.65 bits per heavy atom. The summed E-state index contributed by atoms with van der Waals surface area (Å²) in [4.78, 5) is 14.5. The smallest absolute Gasteiger partial charge is 0.322 e. The predicted molar refractivity (Wildman–Crippen MR) is 89.9 cm³/mol. The molecule has 0 saturated heterocycles. The average molecular weight is 308 g/mol. The molecule has 1 saturated carbocycles. The van der Waals surface area contributed by atoms with Crippen molar-refractivity contribution in [3.63, 3.8) is 0 Å². The van der Waals surface area contributed by atoms with Gasteiger partial charge in [0.15, 0.2) is 0 Å². The molecular formula is C19H20N2O2. The minimum atomic E-state index is -0.135. The number of nitrogens with one attached hydrogen (secondary N) is 1. The van der Waals surface area contributed by atoms with Crippen LogP contribution in [0.15, 0.2) is 48.5 Å². The SMILES string of the molecule is COc1ccc2c(c1)C(c1ccccc1)NC(=O)N2CC1CC1. The molecule has 0 aromatic heterocycles. The lowest BCUT2D eigenvalue weighted by molar-refractivity contribution is 0.242. The molecule has 1 aliphatic carbocycles. The van der Waals surface area contributed by atoms with Gasteiger partial charge in [-0.3, -0.25) is 4.90 Å². The summed E-state index contributed by atoms with van der Waals surface area (Å²) in [6, 6.07) is 15.9. The van der Waals surface area contributed by atoms with Gasteiger partial charge in [-0.2, -0.15) is 0 Å². The third-order valence-electron chi connectivity index (χ3n) is 4.62. The third-order valence-corrected chi connectivity index (χ3v) is 4.62. The normalized spacial score (nSPS) is 20.0. The maximum absolute atomic E-state index is 12.6. The fourth-order valence-electron chi connectivity index (χ4n) is 3.17. The molecule has 2 aliphatic rings. The minimum Gasteiger partial charge on any atom is -0.497 e. The highest BCUT2D eigenvalue weighted by atomic mass is 16.5. The minimum absolute atomic E-state index is 0.0107. The number of urea groups is 1. The number of hydrogen-bond donors (Lipinski definition) is 1. The molecule has 4 nitrogen and oxygen atoms in total. The second kappa shape index (κ2) is 5.61. The van der Waals surface area contributed by atoms with Gasteiger partial charge in [0.25, 0.3) is 0 Å². The van der Waals surface area contributed by atoms with E-state index in [4.69, 9.17) is 4.74 Å². The van der Waals surface area contributed by atoms with Crippen LogP contribution in [0.5, 0.6) is 5.75 Å². The number of benzene rings is 2. The van der Waals surface area contributed by atoms with Crippen molar-refractivity contribution in [2.24, 2.45) is 5.92 Å². The molecule has 23 heavy (non-hydrogen) atoms. The molecule has 2 amide bonds. The molecule has 1 unspecified atom stereocenters. The summed E-state index contributed by atoms with van der Waals surface area (Å²) in [5, 5.41) is 3.15. The number of ether oxygens (including phenoxy) is 1. The van der Waals surface area contributed by atoms with E-state index >= 15 is 0 Å². The topological polar surface area (TPSA) is 41.6 Å². The van der Waals surface area contributed by atoms with E-state index in [2.05, 4.69) is 5.32 Å². The highest BCUT2D eigenvalue weighted by molar-refractivity contribution is 5.96. The molecular weight excluding hydrogens is 288 g/mol. The monoisotopic (exact) mass is 308 g/mol. The van der Waals surface area contributed by atoms with Gasteiger partial charge in [-0.15, -0.1) is 0 Å². The van der Waals surface area contributed by atoms with E-state index in [9.17, 15) is 4.79 Å². The molecule has 2 aromatic carbocycles. The average Bonchev–Trinajstić information content (AvgIpc) is 3.41. The summed E-state index contributed by atoms with van der Waals surface area (Å²) in [5.74, 6) is 1.45. The van der Waals surface area contributed by atoms with Gasteiger partial charge in [-0.1, -0.05) is 30.3 Å². The molecule has 1 heterocycles. The largest absolute Gasteiger partial charge is 0.497 e. The van der Waals surface area contributed by atoms with E-state index in [0.29, 0.717) is 5.92 Å². The van der Waals surface area contributed by atoms with Crippen LogP contribution in [0.2, 0.25) is 0 Å².